The quantitative estimate of drug-likeness (QED) is 0.186. The number of carbonyl (C=O) groups is 2. The first-order valence-corrected chi connectivity index (χ1v) is 12.9. The number of fused-ring (bicyclic) bond motifs is 1. The number of amides is 2. The second kappa shape index (κ2) is 16.2. The number of ether oxygens (including phenoxy) is 2. The summed E-state index contributed by atoms with van der Waals surface area (Å²) in [5, 5.41) is 0. The third-order valence-corrected chi connectivity index (χ3v) is 7.08. The molecule has 1 aromatic carbocycles. The van der Waals surface area contributed by atoms with E-state index in [9.17, 15) is 9.59 Å². The zero-order chi connectivity index (χ0) is 26.7. The van der Waals surface area contributed by atoms with Crippen LogP contribution in [-0.4, -0.2) is 58.5 Å². The molecule has 0 saturated carbocycles. The highest BCUT2D eigenvalue weighted by atomic mass is 127. The van der Waals surface area contributed by atoms with Gasteiger partial charge < -0.3 is 20.7 Å². The summed E-state index contributed by atoms with van der Waals surface area (Å²) in [6, 6.07) is 14.4. The van der Waals surface area contributed by atoms with E-state index in [1.807, 2.05) is 32.0 Å². The van der Waals surface area contributed by atoms with Gasteiger partial charge in [0.15, 0.2) is 0 Å². The highest BCUT2D eigenvalue weighted by molar-refractivity contribution is 14.1. The first kappa shape index (κ1) is 32.3. The molecule has 6 N–H and O–H groups in total. The first-order chi connectivity index (χ1) is 17.3. The largest absolute Gasteiger partial charge is 0.476 e. The van der Waals surface area contributed by atoms with Crippen molar-refractivity contribution >= 4 is 57.0 Å². The minimum absolute atomic E-state index is 0. The lowest BCUT2D eigenvalue weighted by atomic mass is 10.1. The van der Waals surface area contributed by atoms with Gasteiger partial charge in [0, 0.05) is 27.2 Å². The van der Waals surface area contributed by atoms with Crippen LogP contribution < -0.4 is 15.2 Å². The van der Waals surface area contributed by atoms with Crippen LogP contribution in [0, 0.1) is 32.1 Å². The summed E-state index contributed by atoms with van der Waals surface area (Å²) in [5.74, 6) is 0.611. The van der Waals surface area contributed by atoms with Gasteiger partial charge in [0.2, 0.25) is 11.8 Å². The minimum Gasteiger partial charge on any atom is -0.476 e. The average molecular weight is 736 g/mol. The summed E-state index contributed by atoms with van der Waals surface area (Å²) in [6.07, 6.45) is 0. The highest BCUT2D eigenvalue weighted by Crippen LogP contribution is 2.22. The molecule has 11 nitrogen and oxygen atoms in total. The van der Waals surface area contributed by atoms with Crippen LogP contribution in [0.1, 0.15) is 33.5 Å². The normalized spacial score (nSPS) is 11.3. The van der Waals surface area contributed by atoms with Crippen LogP contribution in [0.25, 0.3) is 0 Å². The molecular weight excluding hydrogens is 706 g/mol. The number of nitrogens with two attached hydrogens (primary N) is 1. The Bertz CT molecular complexity index is 1190. The number of halogens is 2. The fourth-order valence-electron chi connectivity index (χ4n) is 3.05. The second-order valence-electron chi connectivity index (χ2n) is 7.23. The van der Waals surface area contributed by atoms with Gasteiger partial charge in [0.1, 0.15) is 13.2 Å². The molecule has 4 rings (SSSR count). The highest BCUT2D eigenvalue weighted by Gasteiger charge is 2.34. The number of benzene rings is 1. The van der Waals surface area contributed by atoms with Crippen LogP contribution in [0.2, 0.25) is 0 Å². The van der Waals surface area contributed by atoms with E-state index in [1.54, 1.807) is 30.3 Å². The second-order valence-corrected chi connectivity index (χ2v) is 9.55. The lowest BCUT2D eigenvalue weighted by Crippen LogP contribution is -2.33. The standard InChI is InChI=1S/C16H13IN2O3.C8H11IN2O.H2N2.H2O.H2/c1-10-13(17)6-7-14(18-10)22-9-8-19-15(20)11-4-2-3-5-12(11)16(19)21;1-6-7(9)2-3-8(11-6)12-5-4-10;1-2;;/h2-7H,8-9H2,1H3;2-3H,4-5,10H2,1H3;1-2H;1H2;1H. The van der Waals surface area contributed by atoms with Gasteiger partial charge >= 0.3 is 0 Å². The van der Waals surface area contributed by atoms with Crippen LogP contribution in [0.3, 0.4) is 0 Å². The van der Waals surface area contributed by atoms with E-state index in [1.165, 1.54) is 4.90 Å². The average Bonchev–Trinajstić information content (AvgIpc) is 3.13. The maximum Gasteiger partial charge on any atom is 0.261 e. The topological polar surface area (TPSA) is 187 Å². The van der Waals surface area contributed by atoms with E-state index >= 15 is 0 Å². The lowest BCUT2D eigenvalue weighted by molar-refractivity contribution is 0.0630. The predicted molar refractivity (Wildman–Crippen MR) is 156 cm³/mol. The van der Waals surface area contributed by atoms with Crippen molar-refractivity contribution in [2.45, 2.75) is 13.8 Å². The third kappa shape index (κ3) is 8.94. The molecule has 1 aliphatic heterocycles. The van der Waals surface area contributed by atoms with Crippen molar-refractivity contribution in [3.8, 4) is 11.8 Å². The van der Waals surface area contributed by atoms with E-state index < -0.39 is 0 Å². The maximum absolute atomic E-state index is 12.2. The molecule has 13 heteroatoms. The van der Waals surface area contributed by atoms with Crippen LogP contribution in [0.15, 0.2) is 48.5 Å². The van der Waals surface area contributed by atoms with Gasteiger partial charge in [-0.15, -0.1) is 0 Å². The summed E-state index contributed by atoms with van der Waals surface area (Å²) >= 11 is 4.44. The molecule has 0 spiro atoms. The molecule has 2 amide bonds. The first-order valence-electron chi connectivity index (χ1n) is 10.7. The number of aryl methyl sites for hydroxylation is 2. The Hall–Kier alpha value is -2.76. The van der Waals surface area contributed by atoms with Crippen LogP contribution in [0.5, 0.6) is 11.8 Å². The zero-order valence-electron chi connectivity index (χ0n) is 20.3. The van der Waals surface area contributed by atoms with Crippen molar-refractivity contribution in [2.75, 3.05) is 26.3 Å². The fourth-order valence-corrected chi connectivity index (χ4v) is 3.65. The number of hydrogen-bond donors (Lipinski definition) is 3. The fraction of sp³-hybridized carbons (Fsp3) is 0.250. The van der Waals surface area contributed by atoms with Crippen LogP contribution >= 0.6 is 45.2 Å². The van der Waals surface area contributed by atoms with Crippen LogP contribution in [0.4, 0.5) is 0 Å². The Balaban J connectivity index is 0.000000736. The van der Waals surface area contributed by atoms with Gasteiger partial charge in [-0.2, -0.15) is 0 Å². The van der Waals surface area contributed by atoms with Crippen molar-refractivity contribution < 1.29 is 26.0 Å². The number of pyridine rings is 2. The number of nitrogens with zero attached hydrogens (tertiary/aromatic N) is 3. The van der Waals surface area contributed by atoms with Crippen molar-refractivity contribution in [1.82, 2.24) is 14.9 Å². The van der Waals surface area contributed by atoms with E-state index in [0.717, 1.165) is 18.5 Å². The number of rotatable bonds is 7. The molecule has 3 aromatic rings. The molecule has 0 saturated heterocycles. The maximum atomic E-state index is 12.2. The van der Waals surface area contributed by atoms with Gasteiger partial charge in [-0.25, -0.2) is 21.0 Å². The van der Waals surface area contributed by atoms with E-state index in [-0.39, 0.29) is 31.9 Å². The number of imide groups is 1. The Kier molecular flexibility index (Phi) is 14.1. The predicted octanol–water partition coefficient (Wildman–Crippen LogP) is 4.02. The molecule has 200 valence electrons. The summed E-state index contributed by atoms with van der Waals surface area (Å²) < 4.78 is 13.0. The number of aromatic nitrogens is 2. The molecule has 0 unspecified atom stereocenters. The Morgan fingerprint density at radius 2 is 1.27 bits per heavy atom. The molecule has 2 aromatic heterocycles. The van der Waals surface area contributed by atoms with Crippen molar-refractivity contribution in [3.63, 3.8) is 0 Å². The van der Waals surface area contributed by atoms with E-state index in [2.05, 4.69) is 55.1 Å². The lowest BCUT2D eigenvalue weighted by Gasteiger charge is -2.14. The summed E-state index contributed by atoms with van der Waals surface area (Å²) in [6.45, 7) is 5.33. The van der Waals surface area contributed by atoms with Gasteiger partial charge in [-0.1, -0.05) is 12.1 Å². The number of hydrogen-bond acceptors (Lipinski definition) is 9. The van der Waals surface area contributed by atoms with Gasteiger partial charge in [-0.05, 0) is 83.3 Å². The SMILES string of the molecule is Cc1nc(OCCN)ccc1I.Cc1nc(OCCN2C(=O)c3ccccc3C2=O)ccc1I.N=N.O.[HH]. The van der Waals surface area contributed by atoms with Crippen molar-refractivity contribution in [1.29, 1.82) is 11.1 Å². The molecule has 0 atom stereocenters. The van der Waals surface area contributed by atoms with E-state index in [0.29, 0.717) is 36.0 Å². The van der Waals surface area contributed by atoms with Gasteiger partial charge in [0.05, 0.1) is 29.1 Å². The number of nitrogens with one attached hydrogen (secondary N) is 2. The minimum atomic E-state index is -0.268. The van der Waals surface area contributed by atoms with Crippen LogP contribution in [-0.2, 0) is 0 Å². The Morgan fingerprint density at radius 3 is 1.68 bits per heavy atom. The Morgan fingerprint density at radius 1 is 0.838 bits per heavy atom. The molecule has 0 radical (unpaired) electrons. The molecule has 1 aliphatic rings. The van der Waals surface area contributed by atoms with Gasteiger partial charge in [-0.3, -0.25) is 14.5 Å². The summed E-state index contributed by atoms with van der Waals surface area (Å²) in [5.41, 5.74) is 18.1. The van der Waals surface area contributed by atoms with Gasteiger partial charge in [0.25, 0.3) is 11.8 Å². The molecule has 0 bridgehead atoms. The zero-order valence-corrected chi connectivity index (χ0v) is 24.6. The monoisotopic (exact) mass is 736 g/mol. The number of carbonyl (C=O) groups excluding carboxylic acids is 2. The molecule has 3 heterocycles. The van der Waals surface area contributed by atoms with Crippen molar-refractivity contribution in [3.05, 3.63) is 78.2 Å². The smallest absolute Gasteiger partial charge is 0.261 e. The third-order valence-electron chi connectivity index (χ3n) is 4.80. The van der Waals surface area contributed by atoms with Crippen molar-refractivity contribution in [2.24, 2.45) is 5.73 Å². The molecule has 0 fully saturated rings. The molecule has 0 aliphatic carbocycles. The summed E-state index contributed by atoms with van der Waals surface area (Å²) in [7, 11) is 0. The van der Waals surface area contributed by atoms with E-state index in [4.69, 9.17) is 26.3 Å². The summed E-state index contributed by atoms with van der Waals surface area (Å²) in [4.78, 5) is 34.1. The Labute approximate surface area is 243 Å². The molecule has 37 heavy (non-hydrogen) atoms. The molecular formula is C24H30I2N6O5.